The summed E-state index contributed by atoms with van der Waals surface area (Å²) in [5.74, 6) is 1.70. The minimum Gasteiger partial charge on any atom is -0.497 e. The van der Waals surface area contributed by atoms with Crippen molar-refractivity contribution >= 4 is 17.2 Å². The van der Waals surface area contributed by atoms with Crippen molar-refractivity contribution in [2.75, 3.05) is 26.7 Å². The lowest BCUT2D eigenvalue weighted by Gasteiger charge is -2.36. The summed E-state index contributed by atoms with van der Waals surface area (Å²) in [7, 11) is 1.70. The highest BCUT2D eigenvalue weighted by atomic mass is 32.1. The summed E-state index contributed by atoms with van der Waals surface area (Å²) in [5.41, 5.74) is 1.30. The third-order valence-electron chi connectivity index (χ3n) is 5.57. The molecule has 2 bridgehead atoms. The standard InChI is InChI=1S/C21H26N2O2S/c1-15-3-10-20(26-15)21(24)23-13-17-4-7-18(23)14-22(12-17)11-16-5-8-19(25-2)9-6-16/h3,5-6,8-10,17-18H,4,7,11-14H2,1-2H3/t17-,18+/m0/s1. The van der Waals surface area contributed by atoms with E-state index in [1.807, 2.05) is 24.3 Å². The van der Waals surface area contributed by atoms with Crippen LogP contribution in [0.4, 0.5) is 0 Å². The number of carbonyl (C=O) groups excluding carboxylic acids is 1. The van der Waals surface area contributed by atoms with Crippen LogP contribution in [-0.2, 0) is 6.54 Å². The van der Waals surface area contributed by atoms with E-state index in [0.717, 1.165) is 43.2 Å². The largest absolute Gasteiger partial charge is 0.497 e. The third-order valence-corrected chi connectivity index (χ3v) is 6.56. The molecule has 3 aliphatic rings. The van der Waals surface area contributed by atoms with E-state index >= 15 is 0 Å². The average Bonchev–Trinajstić information content (AvgIpc) is 2.90. The van der Waals surface area contributed by atoms with Gasteiger partial charge in [-0.3, -0.25) is 9.69 Å². The number of nitrogens with zero attached hydrogens (tertiary/aromatic N) is 2. The van der Waals surface area contributed by atoms with Crippen molar-refractivity contribution in [1.29, 1.82) is 0 Å². The van der Waals surface area contributed by atoms with Crippen molar-refractivity contribution in [3.8, 4) is 5.75 Å². The molecule has 3 saturated heterocycles. The lowest BCUT2D eigenvalue weighted by atomic mass is 9.95. The van der Waals surface area contributed by atoms with Crippen LogP contribution >= 0.6 is 11.3 Å². The van der Waals surface area contributed by atoms with Gasteiger partial charge in [0.1, 0.15) is 5.75 Å². The highest BCUT2D eigenvalue weighted by Crippen LogP contribution is 2.31. The summed E-state index contributed by atoms with van der Waals surface area (Å²) in [6.07, 6.45) is 2.36. The van der Waals surface area contributed by atoms with Crippen LogP contribution in [0.2, 0.25) is 0 Å². The number of hydrogen-bond acceptors (Lipinski definition) is 4. The van der Waals surface area contributed by atoms with E-state index in [1.165, 1.54) is 16.9 Å². The van der Waals surface area contributed by atoms with Gasteiger partial charge in [0.15, 0.2) is 0 Å². The van der Waals surface area contributed by atoms with Gasteiger partial charge in [0, 0.05) is 37.1 Å². The van der Waals surface area contributed by atoms with Crippen LogP contribution in [-0.4, -0.2) is 48.5 Å². The first-order valence-electron chi connectivity index (χ1n) is 9.35. The molecule has 3 fully saturated rings. The van der Waals surface area contributed by atoms with Gasteiger partial charge in [-0.1, -0.05) is 12.1 Å². The molecular formula is C21H26N2O2S. The van der Waals surface area contributed by atoms with Gasteiger partial charge in [0.2, 0.25) is 0 Å². The maximum atomic E-state index is 13.0. The van der Waals surface area contributed by atoms with Crippen molar-refractivity contribution in [1.82, 2.24) is 9.80 Å². The van der Waals surface area contributed by atoms with Crippen molar-refractivity contribution in [3.63, 3.8) is 0 Å². The van der Waals surface area contributed by atoms with Gasteiger partial charge in [-0.25, -0.2) is 0 Å². The molecule has 0 unspecified atom stereocenters. The number of hydrogen-bond donors (Lipinski definition) is 0. The quantitative estimate of drug-likeness (QED) is 0.821. The van der Waals surface area contributed by atoms with E-state index in [0.29, 0.717) is 12.0 Å². The van der Waals surface area contributed by atoms with E-state index in [-0.39, 0.29) is 5.91 Å². The molecule has 0 aliphatic carbocycles. The molecule has 5 rings (SSSR count). The van der Waals surface area contributed by atoms with Gasteiger partial charge in [0.25, 0.3) is 5.91 Å². The topological polar surface area (TPSA) is 32.8 Å². The Labute approximate surface area is 159 Å². The maximum Gasteiger partial charge on any atom is 0.264 e. The monoisotopic (exact) mass is 370 g/mol. The van der Waals surface area contributed by atoms with E-state index in [1.54, 1.807) is 18.4 Å². The fourth-order valence-corrected chi connectivity index (χ4v) is 5.06. The molecule has 3 aliphatic heterocycles. The molecule has 0 saturated carbocycles. The van der Waals surface area contributed by atoms with Crippen LogP contribution < -0.4 is 4.74 Å². The van der Waals surface area contributed by atoms with Crippen molar-refractivity contribution in [2.24, 2.45) is 5.92 Å². The minimum atomic E-state index is 0.226. The lowest BCUT2D eigenvalue weighted by Crippen LogP contribution is -2.47. The first-order valence-corrected chi connectivity index (χ1v) is 10.2. The normalized spacial score (nSPS) is 23.1. The highest BCUT2D eigenvalue weighted by molar-refractivity contribution is 7.13. The van der Waals surface area contributed by atoms with E-state index in [4.69, 9.17) is 4.74 Å². The summed E-state index contributed by atoms with van der Waals surface area (Å²) in [6, 6.07) is 12.7. The fourth-order valence-electron chi connectivity index (χ4n) is 4.24. The molecular weight excluding hydrogens is 344 g/mol. The Kier molecular flexibility index (Phi) is 5.00. The summed E-state index contributed by atoms with van der Waals surface area (Å²) in [4.78, 5) is 19.8. The Morgan fingerprint density at radius 1 is 1.12 bits per heavy atom. The summed E-state index contributed by atoms with van der Waals surface area (Å²) in [5, 5.41) is 0. The second-order valence-electron chi connectivity index (χ2n) is 7.51. The predicted octanol–water partition coefficient (Wildman–Crippen LogP) is 3.80. The Hall–Kier alpha value is -1.85. The molecule has 2 aromatic rings. The molecule has 2 atom stereocenters. The number of ether oxygens (including phenoxy) is 1. The molecule has 1 amide bonds. The van der Waals surface area contributed by atoms with E-state index in [9.17, 15) is 4.79 Å². The van der Waals surface area contributed by atoms with Crippen molar-refractivity contribution in [3.05, 3.63) is 51.7 Å². The number of benzene rings is 1. The molecule has 26 heavy (non-hydrogen) atoms. The van der Waals surface area contributed by atoms with Crippen molar-refractivity contribution < 1.29 is 9.53 Å². The Morgan fingerprint density at radius 2 is 1.92 bits per heavy atom. The summed E-state index contributed by atoms with van der Waals surface area (Å²) >= 11 is 1.61. The molecule has 0 N–H and O–H groups in total. The summed E-state index contributed by atoms with van der Waals surface area (Å²) < 4.78 is 5.25. The highest BCUT2D eigenvalue weighted by Gasteiger charge is 2.37. The van der Waals surface area contributed by atoms with Crippen molar-refractivity contribution in [2.45, 2.75) is 32.4 Å². The van der Waals surface area contributed by atoms with Crippen LogP contribution in [0.5, 0.6) is 5.75 Å². The SMILES string of the molecule is COc1ccc(CN2C[C@@H]3CC[C@H](C2)N(C(=O)c2ccc(C)s2)C3)cc1. The van der Waals surface area contributed by atoms with Crippen LogP contribution in [0.25, 0.3) is 0 Å². The fraction of sp³-hybridized carbons (Fsp3) is 0.476. The van der Waals surface area contributed by atoms with Crippen LogP contribution in [0.1, 0.15) is 33.0 Å². The molecule has 4 heterocycles. The van der Waals surface area contributed by atoms with Crippen LogP contribution in [0.15, 0.2) is 36.4 Å². The Balaban J connectivity index is 1.46. The van der Waals surface area contributed by atoms with E-state index in [2.05, 4.69) is 28.9 Å². The number of carbonyl (C=O) groups is 1. The van der Waals surface area contributed by atoms with Crippen LogP contribution in [0.3, 0.4) is 0 Å². The second-order valence-corrected chi connectivity index (χ2v) is 8.80. The first-order chi connectivity index (χ1) is 12.6. The molecule has 0 spiro atoms. The maximum absolute atomic E-state index is 13.0. The van der Waals surface area contributed by atoms with E-state index < -0.39 is 0 Å². The van der Waals surface area contributed by atoms with Gasteiger partial charge in [-0.15, -0.1) is 11.3 Å². The number of thiophene rings is 1. The second kappa shape index (κ2) is 7.41. The molecule has 5 heteroatoms. The number of amides is 1. The minimum absolute atomic E-state index is 0.226. The molecule has 138 valence electrons. The lowest BCUT2D eigenvalue weighted by molar-refractivity contribution is 0.0590. The molecule has 1 aromatic heterocycles. The number of methoxy groups -OCH3 is 1. The van der Waals surface area contributed by atoms with Crippen LogP contribution in [0, 0.1) is 12.8 Å². The first kappa shape index (κ1) is 17.6. The molecule has 0 radical (unpaired) electrons. The number of aryl methyl sites for hydroxylation is 1. The zero-order valence-electron chi connectivity index (χ0n) is 15.5. The van der Waals surface area contributed by atoms with Gasteiger partial charge in [-0.05, 0) is 55.5 Å². The van der Waals surface area contributed by atoms with Gasteiger partial charge in [0.05, 0.1) is 12.0 Å². The Bertz CT molecular complexity index is 771. The number of fused-ring (bicyclic) bond motifs is 4. The zero-order chi connectivity index (χ0) is 18.1. The number of rotatable bonds is 4. The predicted molar refractivity (Wildman–Crippen MR) is 105 cm³/mol. The average molecular weight is 371 g/mol. The smallest absolute Gasteiger partial charge is 0.264 e. The number of piperidine rings is 1. The Morgan fingerprint density at radius 3 is 2.62 bits per heavy atom. The summed E-state index contributed by atoms with van der Waals surface area (Å²) in [6.45, 7) is 5.96. The van der Waals surface area contributed by atoms with Gasteiger partial charge >= 0.3 is 0 Å². The van der Waals surface area contributed by atoms with Gasteiger partial charge < -0.3 is 9.64 Å². The third kappa shape index (κ3) is 3.64. The molecule has 1 aromatic carbocycles. The zero-order valence-corrected chi connectivity index (χ0v) is 16.3. The van der Waals surface area contributed by atoms with Gasteiger partial charge in [-0.2, -0.15) is 0 Å². The molecule has 4 nitrogen and oxygen atoms in total.